The Morgan fingerprint density at radius 3 is 2.60 bits per heavy atom. The zero-order valence-corrected chi connectivity index (χ0v) is 13.3. The Morgan fingerprint density at radius 2 is 2.00 bits per heavy atom. The predicted molar refractivity (Wildman–Crippen MR) is 82.0 cm³/mol. The number of carboxylic acids is 1. The molecule has 20 heavy (non-hydrogen) atoms. The minimum Gasteiger partial charge on any atom is -0.480 e. The number of carbonyl (C=O) groups excluding carboxylic acids is 1. The lowest BCUT2D eigenvalue weighted by Crippen LogP contribution is -2.38. The van der Waals surface area contributed by atoms with Gasteiger partial charge in [-0.2, -0.15) is 0 Å². The molecule has 1 unspecified atom stereocenters. The van der Waals surface area contributed by atoms with Gasteiger partial charge in [0.25, 0.3) is 5.91 Å². The van der Waals surface area contributed by atoms with Crippen LogP contribution in [0.25, 0.3) is 0 Å². The van der Waals surface area contributed by atoms with Crippen molar-refractivity contribution in [2.24, 2.45) is 0 Å². The Kier molecular flexibility index (Phi) is 4.85. The van der Waals surface area contributed by atoms with Gasteiger partial charge < -0.3 is 14.7 Å². The molecule has 1 amide bonds. The lowest BCUT2D eigenvalue weighted by Gasteiger charge is -2.21. The summed E-state index contributed by atoms with van der Waals surface area (Å²) in [4.78, 5) is 25.1. The maximum atomic E-state index is 12.1. The number of carboxylic acid groups (broad SMARTS) is 1. The van der Waals surface area contributed by atoms with E-state index in [0.717, 1.165) is 29.5 Å². The third-order valence-electron chi connectivity index (χ3n) is 3.24. The van der Waals surface area contributed by atoms with Crippen LogP contribution in [0.3, 0.4) is 0 Å². The number of rotatable bonds is 4. The standard InChI is InChI=1S/C14H16INO4/c1-9(13(17)16-6-2-3-7-16)20-12-5-4-10(15)8-11(12)14(18)19/h4-5,8-9H,2-3,6-7H2,1H3,(H,18,19). The Hall–Kier alpha value is -1.31. The fourth-order valence-electron chi connectivity index (χ4n) is 2.21. The van der Waals surface area contributed by atoms with Gasteiger partial charge in [-0.25, -0.2) is 4.79 Å². The highest BCUT2D eigenvalue weighted by Crippen LogP contribution is 2.23. The first-order valence-electron chi connectivity index (χ1n) is 6.47. The van der Waals surface area contributed by atoms with Gasteiger partial charge in [0, 0.05) is 16.7 Å². The summed E-state index contributed by atoms with van der Waals surface area (Å²) < 4.78 is 6.37. The van der Waals surface area contributed by atoms with Crippen molar-refractivity contribution >= 4 is 34.5 Å². The summed E-state index contributed by atoms with van der Waals surface area (Å²) in [5.41, 5.74) is 0.0815. The molecule has 1 aliphatic heterocycles. The summed E-state index contributed by atoms with van der Waals surface area (Å²) >= 11 is 2.04. The van der Waals surface area contributed by atoms with Gasteiger partial charge in [0.2, 0.25) is 0 Å². The summed E-state index contributed by atoms with van der Waals surface area (Å²) in [6.07, 6.45) is 1.36. The van der Waals surface area contributed by atoms with Crippen LogP contribution in [0, 0.1) is 3.57 Å². The lowest BCUT2D eigenvalue weighted by molar-refractivity contribution is -0.136. The molecule has 2 rings (SSSR count). The molecule has 108 valence electrons. The van der Waals surface area contributed by atoms with Crippen LogP contribution in [0.1, 0.15) is 30.1 Å². The molecule has 1 N–H and O–H groups in total. The van der Waals surface area contributed by atoms with Crippen LogP contribution >= 0.6 is 22.6 Å². The normalized spacial score (nSPS) is 16.0. The molecule has 0 aliphatic carbocycles. The number of likely N-dealkylation sites (tertiary alicyclic amines) is 1. The molecule has 1 heterocycles. The lowest BCUT2D eigenvalue weighted by atomic mass is 10.2. The maximum Gasteiger partial charge on any atom is 0.339 e. The van der Waals surface area contributed by atoms with E-state index >= 15 is 0 Å². The van der Waals surface area contributed by atoms with Crippen LogP contribution in [0.15, 0.2) is 18.2 Å². The van der Waals surface area contributed by atoms with Crippen molar-refractivity contribution in [2.45, 2.75) is 25.9 Å². The molecule has 5 nitrogen and oxygen atoms in total. The molecule has 0 aromatic heterocycles. The number of amides is 1. The fraction of sp³-hybridized carbons (Fsp3) is 0.429. The third kappa shape index (κ3) is 3.41. The summed E-state index contributed by atoms with van der Waals surface area (Å²) in [7, 11) is 0. The van der Waals surface area contributed by atoms with Crippen molar-refractivity contribution in [2.75, 3.05) is 13.1 Å². The first kappa shape index (κ1) is 15.1. The van der Waals surface area contributed by atoms with Gasteiger partial charge in [-0.1, -0.05) is 0 Å². The molecule has 1 atom stereocenters. The number of carbonyl (C=O) groups is 2. The van der Waals surface area contributed by atoms with Crippen LogP contribution in [-0.2, 0) is 4.79 Å². The SMILES string of the molecule is CC(Oc1ccc(I)cc1C(=O)O)C(=O)N1CCCC1. The quantitative estimate of drug-likeness (QED) is 0.804. The predicted octanol–water partition coefficient (Wildman–Crippen LogP) is 2.38. The summed E-state index contributed by atoms with van der Waals surface area (Å²) in [5, 5.41) is 9.17. The van der Waals surface area contributed by atoms with E-state index in [0.29, 0.717) is 0 Å². The molecule has 1 aromatic carbocycles. The van der Waals surface area contributed by atoms with Crippen molar-refractivity contribution < 1.29 is 19.4 Å². The Bertz CT molecular complexity index is 526. The first-order valence-corrected chi connectivity index (χ1v) is 7.55. The van der Waals surface area contributed by atoms with Gasteiger partial charge in [-0.15, -0.1) is 0 Å². The largest absolute Gasteiger partial charge is 0.480 e. The van der Waals surface area contributed by atoms with Gasteiger partial charge in [0.15, 0.2) is 6.10 Å². The minimum absolute atomic E-state index is 0.0815. The van der Waals surface area contributed by atoms with E-state index in [4.69, 9.17) is 4.74 Å². The second kappa shape index (κ2) is 6.43. The number of benzene rings is 1. The molecule has 0 saturated carbocycles. The van der Waals surface area contributed by atoms with Crippen molar-refractivity contribution in [3.8, 4) is 5.75 Å². The molecule has 0 spiro atoms. The van der Waals surface area contributed by atoms with Crippen molar-refractivity contribution in [1.29, 1.82) is 0 Å². The van der Waals surface area contributed by atoms with Crippen LogP contribution in [-0.4, -0.2) is 41.1 Å². The van der Waals surface area contributed by atoms with Crippen molar-refractivity contribution in [1.82, 2.24) is 4.90 Å². The van der Waals surface area contributed by atoms with E-state index in [1.54, 1.807) is 24.0 Å². The zero-order chi connectivity index (χ0) is 14.7. The van der Waals surface area contributed by atoms with E-state index in [1.165, 1.54) is 6.07 Å². The highest BCUT2D eigenvalue weighted by molar-refractivity contribution is 14.1. The summed E-state index contributed by atoms with van der Waals surface area (Å²) in [5.74, 6) is -0.908. The van der Waals surface area contributed by atoms with Crippen LogP contribution < -0.4 is 4.74 Å². The second-order valence-corrected chi connectivity index (χ2v) is 5.98. The number of hydrogen-bond acceptors (Lipinski definition) is 3. The van der Waals surface area contributed by atoms with Gasteiger partial charge >= 0.3 is 5.97 Å². The number of nitrogens with zero attached hydrogens (tertiary/aromatic N) is 1. The van der Waals surface area contributed by atoms with E-state index in [9.17, 15) is 14.7 Å². The smallest absolute Gasteiger partial charge is 0.339 e. The van der Waals surface area contributed by atoms with Crippen LogP contribution in [0.5, 0.6) is 5.75 Å². The number of ether oxygens (including phenoxy) is 1. The number of halogens is 1. The molecule has 0 radical (unpaired) electrons. The highest BCUT2D eigenvalue weighted by Gasteiger charge is 2.25. The number of hydrogen-bond donors (Lipinski definition) is 1. The highest BCUT2D eigenvalue weighted by atomic mass is 127. The van der Waals surface area contributed by atoms with E-state index in [2.05, 4.69) is 0 Å². The minimum atomic E-state index is -1.06. The molecule has 1 saturated heterocycles. The molecule has 1 aromatic rings. The summed E-state index contributed by atoms with van der Waals surface area (Å²) in [6.45, 7) is 3.17. The van der Waals surface area contributed by atoms with Crippen molar-refractivity contribution in [3.63, 3.8) is 0 Å². The van der Waals surface area contributed by atoms with E-state index < -0.39 is 12.1 Å². The van der Waals surface area contributed by atoms with Gasteiger partial charge in [0.05, 0.1) is 0 Å². The van der Waals surface area contributed by atoms with Crippen molar-refractivity contribution in [3.05, 3.63) is 27.3 Å². The number of aromatic carboxylic acids is 1. The Labute approximate surface area is 131 Å². The maximum absolute atomic E-state index is 12.1. The second-order valence-electron chi connectivity index (χ2n) is 4.74. The molecule has 1 aliphatic rings. The topological polar surface area (TPSA) is 66.8 Å². The zero-order valence-electron chi connectivity index (χ0n) is 11.1. The van der Waals surface area contributed by atoms with Gasteiger partial charge in [0.1, 0.15) is 11.3 Å². The summed E-state index contributed by atoms with van der Waals surface area (Å²) in [6, 6.07) is 4.89. The Balaban J connectivity index is 2.12. The average molecular weight is 389 g/mol. The van der Waals surface area contributed by atoms with Gasteiger partial charge in [-0.3, -0.25) is 4.79 Å². The Morgan fingerprint density at radius 1 is 1.35 bits per heavy atom. The van der Waals surface area contributed by atoms with Gasteiger partial charge in [-0.05, 0) is 60.6 Å². The molecule has 1 fully saturated rings. The van der Waals surface area contributed by atoms with Crippen LogP contribution in [0.2, 0.25) is 0 Å². The van der Waals surface area contributed by atoms with Crippen LogP contribution in [0.4, 0.5) is 0 Å². The monoisotopic (exact) mass is 389 g/mol. The fourth-order valence-corrected chi connectivity index (χ4v) is 2.70. The molecular formula is C14H16INO4. The molecule has 0 bridgehead atoms. The van der Waals surface area contributed by atoms with E-state index in [1.807, 2.05) is 22.6 Å². The molecular weight excluding hydrogens is 373 g/mol. The first-order chi connectivity index (χ1) is 9.49. The third-order valence-corrected chi connectivity index (χ3v) is 3.91. The molecule has 6 heteroatoms. The average Bonchev–Trinajstić information content (AvgIpc) is 2.93. The van der Waals surface area contributed by atoms with E-state index in [-0.39, 0.29) is 17.2 Å².